The number of hydrogen-bond acceptors (Lipinski definition) is 19. The molecular weight excluding hydrogens is 1580 g/mol. The lowest BCUT2D eigenvalue weighted by Gasteiger charge is -2.03. The number of benzene rings is 5. The first-order valence-corrected chi connectivity index (χ1v) is 36.1. The van der Waals surface area contributed by atoms with E-state index in [0.29, 0.717) is 86.5 Å². The summed E-state index contributed by atoms with van der Waals surface area (Å²) in [4.78, 5) is 33.8. The molecule has 0 atom stereocenters. The zero-order valence-corrected chi connectivity index (χ0v) is 66.6. The average molecular weight is 1680 g/mol. The number of guanidine groups is 6. The molecule has 594 valence electrons. The van der Waals surface area contributed by atoms with E-state index in [9.17, 15) is 8.78 Å². The van der Waals surface area contributed by atoms with Crippen LogP contribution < -0.4 is 67.3 Å². The second kappa shape index (κ2) is 63.7. The molecule has 1 heterocycles. The first kappa shape index (κ1) is 97.8. The number of pyridine rings is 1. The third-order valence-corrected chi connectivity index (χ3v) is 14.3. The second-order valence-corrected chi connectivity index (χ2v) is 23.9. The predicted octanol–water partition coefficient (Wildman–Crippen LogP) is 13.7. The lowest BCUT2D eigenvalue weighted by atomic mass is 10.2. The van der Waals surface area contributed by atoms with Crippen LogP contribution in [0.3, 0.4) is 0 Å². The SMILES string of the molecule is CCCCONC(N)=N/N=C/c1c(Cl)cccc1Cl.CCCCONC(N)=N/N=C/c1c(F)cccc1Cl.CCCCONC(N)=N/N=C/c1ccccc1Cl.CCCONC(N)=N/N=C/c1c(Cl)cccc1Cl.CCCONC(N)=N/N=C/c1c(F)cccc1Cl.CCCONC(N)=N/N=C/c1ccncc1Cl. The van der Waals surface area contributed by atoms with Crippen LogP contribution in [0.25, 0.3) is 0 Å². The highest BCUT2D eigenvalue weighted by Gasteiger charge is 2.07. The zero-order valence-electron chi connectivity index (χ0n) is 60.5. The van der Waals surface area contributed by atoms with E-state index in [-0.39, 0.29) is 56.9 Å². The Kier molecular flexibility index (Phi) is 57.2. The summed E-state index contributed by atoms with van der Waals surface area (Å²) in [5.41, 5.74) is 50.6. The van der Waals surface area contributed by atoms with Gasteiger partial charge in [0, 0.05) is 50.8 Å². The molecule has 0 aliphatic rings. The van der Waals surface area contributed by atoms with Crippen molar-refractivity contribution < 1.29 is 37.8 Å². The molecule has 18 N–H and O–H groups in total. The molecular formula is C68H91Cl8F2N25O6. The van der Waals surface area contributed by atoms with Gasteiger partial charge in [-0.05, 0) is 99.2 Å². The van der Waals surface area contributed by atoms with Gasteiger partial charge >= 0.3 is 0 Å². The predicted molar refractivity (Wildman–Crippen MR) is 442 cm³/mol. The molecule has 0 fully saturated rings. The Balaban J connectivity index is 0.000000654. The molecule has 6 rings (SSSR count). The van der Waals surface area contributed by atoms with Gasteiger partial charge in [0.2, 0.25) is 35.8 Å². The normalized spacial score (nSPS) is 12.0. The summed E-state index contributed by atoms with van der Waals surface area (Å²) in [6.07, 6.45) is 19.9. The molecule has 5 aromatic carbocycles. The highest BCUT2D eigenvalue weighted by atomic mass is 35.5. The van der Waals surface area contributed by atoms with Crippen LogP contribution in [0.15, 0.2) is 177 Å². The maximum Gasteiger partial charge on any atom is 0.237 e. The summed E-state index contributed by atoms with van der Waals surface area (Å²) >= 11 is 47.3. The molecule has 0 bridgehead atoms. The molecule has 0 spiro atoms. The molecule has 1 aromatic heterocycles. The Bertz CT molecular complexity index is 3690. The van der Waals surface area contributed by atoms with E-state index < -0.39 is 11.6 Å². The van der Waals surface area contributed by atoms with Gasteiger partial charge in [0.25, 0.3) is 0 Å². The summed E-state index contributed by atoms with van der Waals surface area (Å²) in [5, 5.41) is 48.0. The average Bonchev–Trinajstić information content (AvgIpc) is 0.887. The van der Waals surface area contributed by atoms with Crippen molar-refractivity contribution in [2.24, 2.45) is 95.6 Å². The number of hydroxylamine groups is 6. The zero-order chi connectivity index (χ0) is 80.7. The Labute approximate surface area is 672 Å². The Morgan fingerprint density at radius 3 is 0.862 bits per heavy atom. The first-order chi connectivity index (χ1) is 52.6. The molecule has 0 unspecified atom stereocenters. The minimum absolute atomic E-state index is 0.0141. The topological polar surface area (TPSA) is 445 Å². The monoisotopic (exact) mass is 1670 g/mol. The number of nitrogens with zero attached hydrogens (tertiary/aromatic N) is 13. The molecule has 0 saturated carbocycles. The van der Waals surface area contributed by atoms with Gasteiger partial charge < -0.3 is 34.4 Å². The summed E-state index contributed by atoms with van der Waals surface area (Å²) in [7, 11) is 0. The number of aromatic nitrogens is 1. The van der Waals surface area contributed by atoms with Crippen LogP contribution in [0, 0.1) is 11.6 Å². The van der Waals surface area contributed by atoms with Gasteiger partial charge in [0.15, 0.2) is 0 Å². The number of nitrogens with one attached hydrogen (secondary N) is 6. The van der Waals surface area contributed by atoms with Crippen molar-refractivity contribution in [1.29, 1.82) is 0 Å². The number of halogens is 10. The largest absolute Gasteiger partial charge is 0.367 e. The summed E-state index contributed by atoms with van der Waals surface area (Å²) in [5.74, 6) is -0.674. The molecule has 6 aromatic rings. The van der Waals surface area contributed by atoms with Crippen molar-refractivity contribution in [3.63, 3.8) is 0 Å². The summed E-state index contributed by atoms with van der Waals surface area (Å²) in [6.45, 7) is 15.4. The first-order valence-electron chi connectivity index (χ1n) is 33.1. The second-order valence-electron chi connectivity index (χ2n) is 20.6. The highest BCUT2D eigenvalue weighted by molar-refractivity contribution is 6.39. The van der Waals surface area contributed by atoms with E-state index in [4.69, 9.17) is 156 Å². The van der Waals surface area contributed by atoms with Crippen molar-refractivity contribution >= 4 is 166 Å². The van der Waals surface area contributed by atoms with Crippen LogP contribution in [0.5, 0.6) is 0 Å². The number of hydrogen-bond donors (Lipinski definition) is 12. The minimum atomic E-state index is -0.477. The Morgan fingerprint density at radius 1 is 0.321 bits per heavy atom. The molecule has 0 saturated heterocycles. The fraction of sp³-hybridized carbons (Fsp3) is 0.309. The van der Waals surface area contributed by atoms with E-state index in [0.717, 1.165) is 63.4 Å². The van der Waals surface area contributed by atoms with Gasteiger partial charge in [-0.3, -0.25) is 34.0 Å². The molecule has 109 heavy (non-hydrogen) atoms. The van der Waals surface area contributed by atoms with Crippen molar-refractivity contribution in [2.45, 2.75) is 99.3 Å². The minimum Gasteiger partial charge on any atom is -0.367 e. The van der Waals surface area contributed by atoms with E-state index in [1.807, 2.05) is 45.9 Å². The van der Waals surface area contributed by atoms with Gasteiger partial charge in [-0.25, -0.2) is 41.7 Å². The standard InChI is InChI=1S/C12H16Cl2N4O.C12H16ClFN4O.C12H17ClN4O.C11H14Cl2N4O.C11H14ClFN4O.C10H14ClN5O/c2*1-2-3-7-19-18-12(15)17-16-8-9-10(13)5-4-6-11(9)14;1-2-3-8-18-17-12(14)16-15-9-10-6-4-5-7-11(10)13;2*1-2-6-18-17-11(14)16-15-7-8-9(12)4-3-5-10(8)13;1-2-5-17-16-10(12)15-14-6-8-3-4-13-7-9(8)11/h2*4-6,8H,2-3,7H2,1H3,(H3,15,17,18);4-7,9H,2-3,8H2,1H3,(H3,14,16,17);2*3-5,7H,2,6H2,1H3,(H3,14,16,17);3-4,6-7H,2,5H2,1H3,(H3,12,15,16)/b2*16-8+;15-9+;2*15-7+;14-6+. The van der Waals surface area contributed by atoms with Crippen molar-refractivity contribution in [1.82, 2.24) is 37.9 Å². The van der Waals surface area contributed by atoms with Crippen molar-refractivity contribution in [2.75, 3.05) is 39.6 Å². The van der Waals surface area contributed by atoms with Crippen molar-refractivity contribution in [3.8, 4) is 0 Å². The van der Waals surface area contributed by atoms with Gasteiger partial charge in [-0.15, -0.1) is 30.6 Å². The third-order valence-electron chi connectivity index (χ3n) is 11.6. The molecule has 0 aliphatic carbocycles. The molecule has 31 nitrogen and oxygen atoms in total. The van der Waals surface area contributed by atoms with Crippen LogP contribution in [-0.4, -0.2) is 118 Å². The van der Waals surface area contributed by atoms with E-state index in [1.165, 1.54) is 67.7 Å². The lowest BCUT2D eigenvalue weighted by molar-refractivity contribution is 0.0816. The van der Waals surface area contributed by atoms with Gasteiger partial charge in [-0.1, -0.05) is 196 Å². The Hall–Kier alpha value is -9.17. The number of nitrogens with two attached hydrogens (primary N) is 6. The third kappa shape index (κ3) is 48.8. The fourth-order valence-corrected chi connectivity index (χ4v) is 8.10. The summed E-state index contributed by atoms with van der Waals surface area (Å²) in [6, 6.07) is 28.1. The molecule has 41 heteroatoms. The number of rotatable bonds is 33. The van der Waals surface area contributed by atoms with E-state index >= 15 is 0 Å². The molecule has 0 amide bonds. The summed E-state index contributed by atoms with van der Waals surface area (Å²) < 4.78 is 26.7. The highest BCUT2D eigenvalue weighted by Crippen LogP contribution is 2.24. The van der Waals surface area contributed by atoms with Crippen LogP contribution >= 0.6 is 92.8 Å². The van der Waals surface area contributed by atoms with E-state index in [1.54, 1.807) is 66.9 Å². The van der Waals surface area contributed by atoms with Gasteiger partial charge in [-0.2, -0.15) is 30.6 Å². The molecule has 0 aliphatic heterocycles. The number of unbranched alkanes of at least 4 members (excludes halogenated alkanes) is 3. The maximum absolute atomic E-state index is 13.4. The van der Waals surface area contributed by atoms with Gasteiger partial charge in [0.1, 0.15) is 11.6 Å². The van der Waals surface area contributed by atoms with Crippen LogP contribution in [0.4, 0.5) is 8.78 Å². The lowest BCUT2D eigenvalue weighted by Crippen LogP contribution is -2.31. The fourth-order valence-electron chi connectivity index (χ4n) is 6.34. The van der Waals surface area contributed by atoms with Crippen molar-refractivity contribution in [3.05, 3.63) is 201 Å². The maximum atomic E-state index is 13.4. The van der Waals surface area contributed by atoms with Crippen LogP contribution in [0.2, 0.25) is 40.2 Å². The Morgan fingerprint density at radius 2 is 0.578 bits per heavy atom. The quantitative estimate of drug-likeness (QED) is 0.00788. The van der Waals surface area contributed by atoms with Gasteiger partial charge in [0.05, 0.1) is 112 Å². The van der Waals surface area contributed by atoms with E-state index in [2.05, 4.69) is 113 Å². The van der Waals surface area contributed by atoms with Crippen LogP contribution in [0.1, 0.15) is 133 Å². The van der Waals surface area contributed by atoms with Crippen LogP contribution in [-0.2, 0) is 29.0 Å². The molecule has 0 radical (unpaired) electrons. The smallest absolute Gasteiger partial charge is 0.237 e.